The Hall–Kier alpha value is 0.350. The Balaban J connectivity index is 0.00000256. The highest BCUT2D eigenvalue weighted by atomic mass is 127. The van der Waals surface area contributed by atoms with Gasteiger partial charge in [-0.15, -0.1) is 24.0 Å². The number of hydrogen-bond acceptors (Lipinski definition) is 2. The smallest absolute Gasteiger partial charge is 0.191 e. The molecule has 2 atom stereocenters. The maximum atomic E-state index is 4.55. The number of nitrogens with zero attached hydrogens (tertiary/aromatic N) is 1. The quantitative estimate of drug-likeness (QED) is 0.313. The summed E-state index contributed by atoms with van der Waals surface area (Å²) in [4.78, 5) is 4.55. The third-order valence-electron chi connectivity index (χ3n) is 2.81. The van der Waals surface area contributed by atoms with Crippen molar-refractivity contribution >= 4 is 41.7 Å². The van der Waals surface area contributed by atoms with Crippen molar-refractivity contribution in [1.29, 1.82) is 0 Å². The largest absolute Gasteiger partial charge is 0.357 e. The van der Waals surface area contributed by atoms with Crippen LogP contribution in [0.1, 0.15) is 33.1 Å². The molecule has 1 aliphatic rings. The minimum atomic E-state index is 0. The van der Waals surface area contributed by atoms with Crippen LogP contribution in [0.4, 0.5) is 0 Å². The SMILES string of the molecule is CCCC1CC1NC(=NCCSC)NCC.I. The molecule has 0 amide bonds. The molecule has 1 fully saturated rings. The Kier molecular flexibility index (Phi) is 10.5. The van der Waals surface area contributed by atoms with Crippen LogP contribution in [0.15, 0.2) is 4.99 Å². The predicted octanol–water partition coefficient (Wildman–Crippen LogP) is 2.71. The van der Waals surface area contributed by atoms with Crippen molar-refractivity contribution in [3.05, 3.63) is 0 Å². The van der Waals surface area contributed by atoms with Crippen LogP contribution < -0.4 is 10.6 Å². The van der Waals surface area contributed by atoms with Crippen molar-refractivity contribution in [3.8, 4) is 0 Å². The van der Waals surface area contributed by atoms with Crippen molar-refractivity contribution in [2.75, 3.05) is 25.1 Å². The fourth-order valence-corrected chi connectivity index (χ4v) is 2.13. The maximum Gasteiger partial charge on any atom is 0.191 e. The number of halogens is 1. The summed E-state index contributed by atoms with van der Waals surface area (Å²) in [6.45, 7) is 6.22. The molecule has 0 aromatic rings. The van der Waals surface area contributed by atoms with Crippen molar-refractivity contribution in [2.45, 2.75) is 39.2 Å². The van der Waals surface area contributed by atoms with Gasteiger partial charge in [0.2, 0.25) is 0 Å². The van der Waals surface area contributed by atoms with Crippen molar-refractivity contribution in [1.82, 2.24) is 10.6 Å². The van der Waals surface area contributed by atoms with E-state index in [4.69, 9.17) is 0 Å². The fraction of sp³-hybridized carbons (Fsp3) is 0.917. The predicted molar refractivity (Wildman–Crippen MR) is 89.7 cm³/mol. The molecule has 5 heteroatoms. The molecule has 0 aliphatic heterocycles. The van der Waals surface area contributed by atoms with Crippen LogP contribution >= 0.6 is 35.7 Å². The van der Waals surface area contributed by atoms with Gasteiger partial charge in [-0.3, -0.25) is 4.99 Å². The Morgan fingerprint density at radius 1 is 1.41 bits per heavy atom. The summed E-state index contributed by atoms with van der Waals surface area (Å²) in [7, 11) is 0. The van der Waals surface area contributed by atoms with Gasteiger partial charge < -0.3 is 10.6 Å². The lowest BCUT2D eigenvalue weighted by Crippen LogP contribution is -2.39. The summed E-state index contributed by atoms with van der Waals surface area (Å²) >= 11 is 1.84. The fourth-order valence-electron chi connectivity index (χ4n) is 1.86. The van der Waals surface area contributed by atoms with Crippen LogP contribution in [0.25, 0.3) is 0 Å². The summed E-state index contributed by atoms with van der Waals surface area (Å²) in [5, 5.41) is 6.82. The van der Waals surface area contributed by atoms with Crippen LogP contribution in [0.5, 0.6) is 0 Å². The first-order chi connectivity index (χ1) is 7.81. The van der Waals surface area contributed by atoms with Crippen molar-refractivity contribution < 1.29 is 0 Å². The molecule has 17 heavy (non-hydrogen) atoms. The number of rotatable bonds is 7. The molecule has 2 N–H and O–H groups in total. The average Bonchev–Trinajstić information content (AvgIpc) is 2.98. The summed E-state index contributed by atoms with van der Waals surface area (Å²) in [5.41, 5.74) is 0. The van der Waals surface area contributed by atoms with Gasteiger partial charge >= 0.3 is 0 Å². The molecule has 0 aromatic heterocycles. The number of nitrogens with one attached hydrogen (secondary N) is 2. The molecule has 1 aliphatic carbocycles. The number of thioether (sulfide) groups is 1. The summed E-state index contributed by atoms with van der Waals surface area (Å²) in [6, 6.07) is 0.673. The zero-order chi connectivity index (χ0) is 11.8. The van der Waals surface area contributed by atoms with Gasteiger partial charge in [0, 0.05) is 18.3 Å². The molecular formula is C12H26IN3S. The first-order valence-electron chi connectivity index (χ1n) is 6.35. The Morgan fingerprint density at radius 2 is 2.18 bits per heavy atom. The van der Waals surface area contributed by atoms with Crippen LogP contribution in [-0.4, -0.2) is 37.1 Å². The first-order valence-corrected chi connectivity index (χ1v) is 7.75. The summed E-state index contributed by atoms with van der Waals surface area (Å²) in [6.07, 6.45) is 6.08. The molecule has 0 bridgehead atoms. The molecule has 1 saturated carbocycles. The van der Waals surface area contributed by atoms with E-state index < -0.39 is 0 Å². The third kappa shape index (κ3) is 7.39. The van der Waals surface area contributed by atoms with Crippen molar-refractivity contribution in [2.24, 2.45) is 10.9 Å². The highest BCUT2D eigenvalue weighted by Crippen LogP contribution is 2.34. The average molecular weight is 371 g/mol. The second-order valence-corrected chi connectivity index (χ2v) is 5.27. The Morgan fingerprint density at radius 3 is 2.76 bits per heavy atom. The Labute approximate surface area is 127 Å². The van der Waals surface area contributed by atoms with E-state index in [1.807, 2.05) is 11.8 Å². The van der Waals surface area contributed by atoms with Crippen LogP contribution in [0.3, 0.4) is 0 Å². The van der Waals surface area contributed by atoms with E-state index in [1.54, 1.807) is 0 Å². The summed E-state index contributed by atoms with van der Waals surface area (Å²) in [5.74, 6) is 2.98. The molecule has 0 saturated heterocycles. The van der Waals surface area contributed by atoms with Crippen LogP contribution in [-0.2, 0) is 0 Å². The molecule has 102 valence electrons. The van der Waals surface area contributed by atoms with Crippen LogP contribution in [0, 0.1) is 5.92 Å². The van der Waals surface area contributed by atoms with Gasteiger partial charge in [-0.25, -0.2) is 0 Å². The molecule has 0 heterocycles. The lowest BCUT2D eigenvalue weighted by molar-refractivity contribution is 0.656. The molecule has 0 aromatic carbocycles. The van der Waals surface area contributed by atoms with E-state index in [-0.39, 0.29) is 24.0 Å². The van der Waals surface area contributed by atoms with Gasteiger partial charge in [-0.2, -0.15) is 11.8 Å². The molecule has 0 radical (unpaired) electrons. The van der Waals surface area contributed by atoms with Gasteiger partial charge in [-0.05, 0) is 31.9 Å². The minimum absolute atomic E-state index is 0. The topological polar surface area (TPSA) is 36.4 Å². The number of aliphatic imine (C=N–C) groups is 1. The van der Waals surface area contributed by atoms with E-state index in [2.05, 4.69) is 35.7 Å². The molecule has 1 rings (SSSR count). The lowest BCUT2D eigenvalue weighted by Gasteiger charge is -2.10. The zero-order valence-corrected chi connectivity index (χ0v) is 14.3. The van der Waals surface area contributed by atoms with E-state index in [0.717, 1.165) is 30.7 Å². The van der Waals surface area contributed by atoms with Crippen molar-refractivity contribution in [3.63, 3.8) is 0 Å². The molecular weight excluding hydrogens is 345 g/mol. The lowest BCUT2D eigenvalue weighted by atomic mass is 10.2. The number of hydrogen-bond donors (Lipinski definition) is 2. The Bertz CT molecular complexity index is 224. The van der Waals surface area contributed by atoms with Gasteiger partial charge in [-0.1, -0.05) is 13.3 Å². The molecule has 2 unspecified atom stereocenters. The van der Waals surface area contributed by atoms with Gasteiger partial charge in [0.05, 0.1) is 6.54 Å². The minimum Gasteiger partial charge on any atom is -0.357 e. The highest BCUT2D eigenvalue weighted by molar-refractivity contribution is 14.0. The zero-order valence-electron chi connectivity index (χ0n) is 11.2. The van der Waals surface area contributed by atoms with Gasteiger partial charge in [0.25, 0.3) is 0 Å². The second kappa shape index (κ2) is 10.3. The van der Waals surface area contributed by atoms with E-state index in [1.165, 1.54) is 19.3 Å². The summed E-state index contributed by atoms with van der Waals surface area (Å²) < 4.78 is 0. The van der Waals surface area contributed by atoms with E-state index >= 15 is 0 Å². The maximum absolute atomic E-state index is 4.55. The van der Waals surface area contributed by atoms with E-state index in [0.29, 0.717) is 6.04 Å². The number of guanidine groups is 1. The van der Waals surface area contributed by atoms with E-state index in [9.17, 15) is 0 Å². The first kappa shape index (κ1) is 17.4. The monoisotopic (exact) mass is 371 g/mol. The normalized spacial score (nSPS) is 22.9. The van der Waals surface area contributed by atoms with Gasteiger partial charge in [0.15, 0.2) is 5.96 Å². The standard InChI is InChI=1S/C12H25N3S.HI/c1-4-6-10-9-11(10)15-12(13-5-2)14-7-8-16-3;/h10-11H,4-9H2,1-3H3,(H2,13,14,15);1H. The second-order valence-electron chi connectivity index (χ2n) is 4.29. The van der Waals surface area contributed by atoms with Gasteiger partial charge in [0.1, 0.15) is 0 Å². The van der Waals surface area contributed by atoms with Crippen LogP contribution in [0.2, 0.25) is 0 Å². The molecule has 0 spiro atoms. The highest BCUT2D eigenvalue weighted by Gasteiger charge is 2.36. The molecule has 3 nitrogen and oxygen atoms in total. The third-order valence-corrected chi connectivity index (χ3v) is 3.40.